The van der Waals surface area contributed by atoms with E-state index in [0.29, 0.717) is 17.8 Å². The summed E-state index contributed by atoms with van der Waals surface area (Å²) < 4.78 is 0.960. The molecule has 3 aromatic rings. The maximum Gasteiger partial charge on any atom is 0.104 e. The lowest BCUT2D eigenvalue weighted by atomic mass is 9.79. The maximum absolute atomic E-state index is 2.39. The predicted molar refractivity (Wildman–Crippen MR) is 139 cm³/mol. The van der Waals surface area contributed by atoms with Crippen molar-refractivity contribution in [2.45, 2.75) is 64.3 Å². The van der Waals surface area contributed by atoms with Gasteiger partial charge in [-0.25, -0.2) is 0 Å². The van der Waals surface area contributed by atoms with Crippen LogP contribution >= 0.6 is 0 Å². The van der Waals surface area contributed by atoms with E-state index in [1.165, 1.54) is 40.7 Å². The Kier molecular flexibility index (Phi) is 8.32. The lowest BCUT2D eigenvalue weighted by Gasteiger charge is -2.26. The Hall–Kier alpha value is -2.38. The summed E-state index contributed by atoms with van der Waals surface area (Å²) in [4.78, 5) is 0. The zero-order valence-corrected chi connectivity index (χ0v) is 21.0. The number of rotatable bonds is 10. The van der Waals surface area contributed by atoms with Crippen LogP contribution in [-0.2, 0) is 13.0 Å². The molecular weight excluding hydrogens is 386 g/mol. The molecule has 0 aliphatic rings. The molecule has 0 aromatic heterocycles. The zero-order chi connectivity index (χ0) is 23.1. The molecule has 1 heteroatoms. The highest BCUT2D eigenvalue weighted by molar-refractivity contribution is 5.29. The van der Waals surface area contributed by atoms with Crippen LogP contribution in [0.2, 0.25) is 0 Å². The van der Waals surface area contributed by atoms with E-state index < -0.39 is 0 Å². The SMILES string of the molecule is CCc1ccc(C(C)CC(CC(C)c2ccc(C[N+](C)(C)C)cc2)c2ccccc2)cc1. The van der Waals surface area contributed by atoms with Crippen molar-refractivity contribution in [3.63, 3.8) is 0 Å². The summed E-state index contributed by atoms with van der Waals surface area (Å²) >= 11 is 0. The molecular formula is C31H42N+. The van der Waals surface area contributed by atoms with E-state index in [9.17, 15) is 0 Å². The fourth-order valence-electron chi connectivity index (χ4n) is 4.80. The van der Waals surface area contributed by atoms with Crippen molar-refractivity contribution in [2.75, 3.05) is 21.1 Å². The summed E-state index contributed by atoms with van der Waals surface area (Å²) in [6, 6.07) is 29.7. The Morgan fingerprint density at radius 3 is 1.50 bits per heavy atom. The average Bonchev–Trinajstić information content (AvgIpc) is 2.78. The number of benzene rings is 3. The summed E-state index contributed by atoms with van der Waals surface area (Å²) in [5.74, 6) is 1.64. The van der Waals surface area contributed by atoms with Crippen LogP contribution in [0.3, 0.4) is 0 Å². The van der Waals surface area contributed by atoms with Crippen molar-refractivity contribution >= 4 is 0 Å². The molecule has 3 unspecified atom stereocenters. The van der Waals surface area contributed by atoms with E-state index in [1.54, 1.807) is 0 Å². The first-order valence-electron chi connectivity index (χ1n) is 12.3. The Morgan fingerprint density at radius 2 is 1.06 bits per heavy atom. The molecule has 3 atom stereocenters. The third-order valence-electron chi connectivity index (χ3n) is 6.71. The minimum atomic E-state index is 0.535. The van der Waals surface area contributed by atoms with E-state index in [2.05, 4.69) is 121 Å². The van der Waals surface area contributed by atoms with Crippen LogP contribution in [-0.4, -0.2) is 25.6 Å². The van der Waals surface area contributed by atoms with Gasteiger partial charge in [0.05, 0.1) is 21.1 Å². The highest BCUT2D eigenvalue weighted by Gasteiger charge is 2.20. The van der Waals surface area contributed by atoms with Crippen LogP contribution in [0, 0.1) is 0 Å². The van der Waals surface area contributed by atoms with Crippen LogP contribution in [0.25, 0.3) is 0 Å². The van der Waals surface area contributed by atoms with Crippen molar-refractivity contribution < 1.29 is 4.48 Å². The molecule has 0 amide bonds. The molecule has 0 bridgehead atoms. The lowest BCUT2D eigenvalue weighted by Crippen LogP contribution is -2.33. The Morgan fingerprint density at radius 1 is 0.594 bits per heavy atom. The number of aryl methyl sites for hydroxylation is 1. The average molecular weight is 429 g/mol. The van der Waals surface area contributed by atoms with Crippen molar-refractivity contribution in [2.24, 2.45) is 0 Å². The smallest absolute Gasteiger partial charge is 0.104 e. The second kappa shape index (κ2) is 11.0. The quantitative estimate of drug-likeness (QED) is 0.288. The minimum Gasteiger partial charge on any atom is -0.327 e. The molecule has 3 aromatic carbocycles. The summed E-state index contributed by atoms with van der Waals surface area (Å²) in [5.41, 5.74) is 7.22. The molecule has 32 heavy (non-hydrogen) atoms. The number of hydrogen-bond donors (Lipinski definition) is 0. The molecule has 0 radical (unpaired) electrons. The van der Waals surface area contributed by atoms with Crippen LogP contribution in [0.1, 0.15) is 79.2 Å². The second-order valence-electron chi connectivity index (χ2n) is 10.7. The summed E-state index contributed by atoms with van der Waals surface area (Å²) in [6.45, 7) is 8.07. The molecule has 0 saturated heterocycles. The van der Waals surface area contributed by atoms with Gasteiger partial charge in [0.2, 0.25) is 0 Å². The van der Waals surface area contributed by atoms with Crippen LogP contribution in [0.5, 0.6) is 0 Å². The Labute approximate surface area is 196 Å². The van der Waals surface area contributed by atoms with Gasteiger partial charge in [-0.3, -0.25) is 0 Å². The Bertz CT molecular complexity index is 933. The second-order valence-corrected chi connectivity index (χ2v) is 10.7. The third-order valence-corrected chi connectivity index (χ3v) is 6.71. The van der Waals surface area contributed by atoms with Crippen LogP contribution in [0.15, 0.2) is 78.9 Å². The standard InChI is InChI=1S/C31H42N/c1-7-26-13-17-28(18-14-26)24(2)21-31(30-11-9-8-10-12-30)22-25(3)29-19-15-27(16-20-29)23-32(4,5)6/h8-20,24-25,31H,7,21-23H2,1-6H3/q+1. The molecule has 0 N–H and O–H groups in total. The largest absolute Gasteiger partial charge is 0.327 e. The fraction of sp³-hybridized carbons (Fsp3) is 0.419. The molecule has 0 aliphatic carbocycles. The molecule has 1 nitrogen and oxygen atoms in total. The van der Waals surface area contributed by atoms with Gasteiger partial charge in [0, 0.05) is 5.56 Å². The van der Waals surface area contributed by atoms with Gasteiger partial charge in [0.25, 0.3) is 0 Å². The van der Waals surface area contributed by atoms with Gasteiger partial charge < -0.3 is 4.48 Å². The fourth-order valence-corrected chi connectivity index (χ4v) is 4.80. The van der Waals surface area contributed by atoms with Gasteiger partial charge in [0.1, 0.15) is 6.54 Å². The third kappa shape index (κ3) is 7.07. The van der Waals surface area contributed by atoms with E-state index in [1.807, 2.05) is 0 Å². The summed E-state index contributed by atoms with van der Waals surface area (Å²) in [7, 11) is 6.74. The maximum atomic E-state index is 2.39. The van der Waals surface area contributed by atoms with E-state index in [4.69, 9.17) is 0 Å². The van der Waals surface area contributed by atoms with E-state index >= 15 is 0 Å². The first-order valence-corrected chi connectivity index (χ1v) is 12.3. The predicted octanol–water partition coefficient (Wildman–Crippen LogP) is 7.93. The first-order chi connectivity index (χ1) is 15.2. The summed E-state index contributed by atoms with van der Waals surface area (Å²) in [5, 5.41) is 0. The van der Waals surface area contributed by atoms with Gasteiger partial charge in [-0.15, -0.1) is 0 Å². The van der Waals surface area contributed by atoms with Gasteiger partial charge >= 0.3 is 0 Å². The van der Waals surface area contributed by atoms with Crippen molar-refractivity contribution in [1.29, 1.82) is 0 Å². The Balaban J connectivity index is 1.74. The molecule has 0 saturated carbocycles. The van der Waals surface area contributed by atoms with Crippen LogP contribution in [0.4, 0.5) is 0 Å². The highest BCUT2D eigenvalue weighted by atomic mass is 15.3. The first kappa shape index (κ1) is 24.3. The molecule has 0 aliphatic heterocycles. The minimum absolute atomic E-state index is 0.535. The van der Waals surface area contributed by atoms with E-state index in [0.717, 1.165) is 17.4 Å². The van der Waals surface area contributed by atoms with Crippen molar-refractivity contribution in [3.8, 4) is 0 Å². The molecule has 0 spiro atoms. The van der Waals surface area contributed by atoms with Crippen molar-refractivity contribution in [3.05, 3.63) is 107 Å². The molecule has 0 fully saturated rings. The lowest BCUT2D eigenvalue weighted by molar-refractivity contribution is -0.884. The summed E-state index contributed by atoms with van der Waals surface area (Å²) in [6.07, 6.45) is 3.46. The molecule has 170 valence electrons. The molecule has 3 rings (SSSR count). The normalized spacial score (nSPS) is 14.7. The van der Waals surface area contributed by atoms with Crippen LogP contribution < -0.4 is 0 Å². The number of quaternary nitrogens is 1. The van der Waals surface area contributed by atoms with E-state index in [-0.39, 0.29) is 0 Å². The zero-order valence-electron chi connectivity index (χ0n) is 21.0. The van der Waals surface area contributed by atoms with Gasteiger partial charge in [-0.1, -0.05) is 99.6 Å². The monoisotopic (exact) mass is 428 g/mol. The highest BCUT2D eigenvalue weighted by Crippen LogP contribution is 2.37. The van der Waals surface area contributed by atoms with Gasteiger partial charge in [0.15, 0.2) is 0 Å². The van der Waals surface area contributed by atoms with Gasteiger partial charge in [-0.2, -0.15) is 0 Å². The van der Waals surface area contributed by atoms with Crippen molar-refractivity contribution in [1.82, 2.24) is 0 Å². The number of nitrogens with zero attached hydrogens (tertiary/aromatic N) is 1. The topological polar surface area (TPSA) is 0 Å². The molecule has 0 heterocycles. The van der Waals surface area contributed by atoms with Gasteiger partial charge in [-0.05, 0) is 59.3 Å². The number of hydrogen-bond acceptors (Lipinski definition) is 0.